The van der Waals surface area contributed by atoms with Crippen molar-refractivity contribution in [2.45, 2.75) is 18.4 Å². The van der Waals surface area contributed by atoms with Crippen LogP contribution in [-0.2, 0) is 0 Å². The van der Waals surface area contributed by atoms with Gasteiger partial charge < -0.3 is 10.2 Å². The van der Waals surface area contributed by atoms with Crippen LogP contribution in [0.3, 0.4) is 0 Å². The minimum Gasteiger partial charge on any atom is -0.316 e. The van der Waals surface area contributed by atoms with Crippen molar-refractivity contribution in [3.8, 4) is 0 Å². The van der Waals surface area contributed by atoms with Crippen LogP contribution in [0.5, 0.6) is 0 Å². The van der Waals surface area contributed by atoms with Gasteiger partial charge in [-0.1, -0.05) is 18.2 Å². The van der Waals surface area contributed by atoms with E-state index in [0.717, 1.165) is 25.1 Å². The van der Waals surface area contributed by atoms with Crippen molar-refractivity contribution in [3.05, 3.63) is 35.6 Å². The van der Waals surface area contributed by atoms with Crippen molar-refractivity contribution < 1.29 is 4.39 Å². The Balaban J connectivity index is 2.27. The Morgan fingerprint density at radius 1 is 1.31 bits per heavy atom. The Bertz CT molecular complexity index is 352. The number of piperidine rings is 1. The van der Waals surface area contributed by atoms with Crippen LogP contribution in [0.1, 0.15) is 17.9 Å². The number of nitrogens with one attached hydrogen (secondary N) is 1. The Hall–Kier alpha value is -0.930. The lowest BCUT2D eigenvalue weighted by atomic mass is 9.86. The number of likely N-dealkylation sites (N-methyl/N-ethyl adjacent to an activating group) is 1. The molecule has 0 aliphatic carbocycles. The molecule has 0 spiro atoms. The van der Waals surface area contributed by atoms with Crippen molar-refractivity contribution >= 4 is 0 Å². The normalized spacial score (nSPS) is 26.0. The van der Waals surface area contributed by atoms with Crippen LogP contribution in [0, 0.1) is 5.82 Å². The molecule has 1 saturated heterocycles. The number of rotatable bonds is 2. The van der Waals surface area contributed by atoms with Gasteiger partial charge in [0, 0.05) is 18.5 Å². The van der Waals surface area contributed by atoms with Gasteiger partial charge in [0.1, 0.15) is 5.82 Å². The third-order valence-electron chi connectivity index (χ3n) is 3.41. The van der Waals surface area contributed by atoms with E-state index in [-0.39, 0.29) is 11.7 Å². The highest BCUT2D eigenvalue weighted by Gasteiger charge is 2.29. The molecule has 1 aromatic carbocycles. The van der Waals surface area contributed by atoms with Crippen LogP contribution < -0.4 is 5.32 Å². The maximum Gasteiger partial charge on any atom is 0.126 e. The van der Waals surface area contributed by atoms with Crippen LogP contribution in [0.25, 0.3) is 0 Å². The van der Waals surface area contributed by atoms with E-state index in [4.69, 9.17) is 0 Å². The molecule has 1 heterocycles. The second-order valence-electron chi connectivity index (χ2n) is 4.65. The summed E-state index contributed by atoms with van der Waals surface area (Å²) in [6.45, 7) is 1.89. The van der Waals surface area contributed by atoms with Gasteiger partial charge in [-0.2, -0.15) is 0 Å². The van der Waals surface area contributed by atoms with E-state index in [9.17, 15) is 4.39 Å². The van der Waals surface area contributed by atoms with Crippen LogP contribution in [0.2, 0.25) is 0 Å². The quantitative estimate of drug-likeness (QED) is 0.821. The zero-order valence-corrected chi connectivity index (χ0v) is 9.91. The van der Waals surface area contributed by atoms with Gasteiger partial charge in [0.15, 0.2) is 0 Å². The molecule has 1 aromatic rings. The molecular weight excluding hydrogens is 203 g/mol. The molecule has 2 unspecified atom stereocenters. The fraction of sp³-hybridized carbons (Fsp3) is 0.538. The molecule has 1 fully saturated rings. The fourth-order valence-electron chi connectivity index (χ4n) is 2.56. The van der Waals surface area contributed by atoms with E-state index in [1.807, 2.05) is 12.1 Å². The van der Waals surface area contributed by atoms with E-state index in [1.54, 1.807) is 12.1 Å². The first-order valence-electron chi connectivity index (χ1n) is 5.81. The summed E-state index contributed by atoms with van der Waals surface area (Å²) in [5, 5.41) is 3.35. The summed E-state index contributed by atoms with van der Waals surface area (Å²) in [6, 6.07) is 7.55. The topological polar surface area (TPSA) is 15.3 Å². The minimum absolute atomic E-state index is 0.0805. The minimum atomic E-state index is -0.0805. The van der Waals surface area contributed by atoms with E-state index in [1.165, 1.54) is 0 Å². The third-order valence-corrected chi connectivity index (χ3v) is 3.41. The van der Waals surface area contributed by atoms with Crippen LogP contribution in [-0.4, -0.2) is 38.1 Å². The summed E-state index contributed by atoms with van der Waals surface area (Å²) in [5.41, 5.74) is 0.841. The van der Waals surface area contributed by atoms with Crippen molar-refractivity contribution in [1.29, 1.82) is 0 Å². The first-order valence-corrected chi connectivity index (χ1v) is 5.81. The Labute approximate surface area is 96.5 Å². The molecule has 0 bridgehead atoms. The first kappa shape index (κ1) is 11.6. The van der Waals surface area contributed by atoms with Gasteiger partial charge >= 0.3 is 0 Å². The zero-order valence-electron chi connectivity index (χ0n) is 9.91. The largest absolute Gasteiger partial charge is 0.316 e. The molecule has 2 atom stereocenters. The fourth-order valence-corrected chi connectivity index (χ4v) is 2.56. The lowest BCUT2D eigenvalue weighted by molar-refractivity contribution is 0.207. The highest BCUT2D eigenvalue weighted by molar-refractivity contribution is 5.24. The maximum atomic E-state index is 13.8. The highest BCUT2D eigenvalue weighted by atomic mass is 19.1. The predicted molar refractivity (Wildman–Crippen MR) is 64.1 cm³/mol. The third kappa shape index (κ3) is 2.25. The summed E-state index contributed by atoms with van der Waals surface area (Å²) < 4.78 is 13.8. The van der Waals surface area contributed by atoms with E-state index < -0.39 is 0 Å². The molecule has 2 rings (SSSR count). The Morgan fingerprint density at radius 2 is 2.06 bits per heavy atom. The molecule has 0 amide bonds. The molecule has 3 heteroatoms. The molecule has 2 nitrogen and oxygen atoms in total. The van der Waals surface area contributed by atoms with Gasteiger partial charge in [-0.05, 0) is 38.7 Å². The monoisotopic (exact) mass is 222 g/mol. The SMILES string of the molecule is CN(C)C1CCNCC1c1ccccc1F. The second-order valence-corrected chi connectivity index (χ2v) is 4.65. The van der Waals surface area contributed by atoms with Crippen molar-refractivity contribution in [2.75, 3.05) is 27.2 Å². The molecule has 1 aliphatic rings. The average molecular weight is 222 g/mol. The lowest BCUT2D eigenvalue weighted by Crippen LogP contribution is -2.45. The van der Waals surface area contributed by atoms with Gasteiger partial charge in [0.2, 0.25) is 0 Å². The van der Waals surface area contributed by atoms with Gasteiger partial charge in [-0.3, -0.25) is 0 Å². The maximum absolute atomic E-state index is 13.8. The van der Waals surface area contributed by atoms with Gasteiger partial charge in [-0.15, -0.1) is 0 Å². The number of nitrogens with zero attached hydrogens (tertiary/aromatic N) is 1. The summed E-state index contributed by atoms with van der Waals surface area (Å²) in [7, 11) is 4.15. The van der Waals surface area contributed by atoms with Crippen molar-refractivity contribution in [1.82, 2.24) is 10.2 Å². The Morgan fingerprint density at radius 3 is 2.75 bits per heavy atom. The number of halogens is 1. The van der Waals surface area contributed by atoms with Crippen molar-refractivity contribution in [2.24, 2.45) is 0 Å². The van der Waals surface area contributed by atoms with E-state index in [2.05, 4.69) is 24.3 Å². The summed E-state index contributed by atoms with van der Waals surface area (Å²) in [6.07, 6.45) is 1.08. The standard InChI is InChI=1S/C13H19FN2/c1-16(2)13-7-8-15-9-11(13)10-5-3-4-6-12(10)14/h3-6,11,13,15H,7-9H2,1-2H3. The summed E-state index contributed by atoms with van der Waals surface area (Å²) in [4.78, 5) is 2.21. The van der Waals surface area contributed by atoms with Gasteiger partial charge in [0.25, 0.3) is 0 Å². The van der Waals surface area contributed by atoms with Crippen LogP contribution >= 0.6 is 0 Å². The smallest absolute Gasteiger partial charge is 0.126 e. The van der Waals surface area contributed by atoms with E-state index in [0.29, 0.717) is 6.04 Å². The van der Waals surface area contributed by atoms with E-state index >= 15 is 0 Å². The van der Waals surface area contributed by atoms with Crippen LogP contribution in [0.4, 0.5) is 4.39 Å². The molecule has 0 aromatic heterocycles. The van der Waals surface area contributed by atoms with Crippen molar-refractivity contribution in [3.63, 3.8) is 0 Å². The second kappa shape index (κ2) is 4.93. The first-order chi connectivity index (χ1) is 7.70. The lowest BCUT2D eigenvalue weighted by Gasteiger charge is -2.37. The molecule has 16 heavy (non-hydrogen) atoms. The van der Waals surface area contributed by atoms with Crippen LogP contribution in [0.15, 0.2) is 24.3 Å². The molecule has 1 aliphatic heterocycles. The number of hydrogen-bond acceptors (Lipinski definition) is 2. The average Bonchev–Trinajstić information content (AvgIpc) is 2.29. The summed E-state index contributed by atoms with van der Waals surface area (Å²) >= 11 is 0. The molecule has 0 radical (unpaired) electrons. The molecule has 88 valence electrons. The Kier molecular flexibility index (Phi) is 3.56. The highest BCUT2D eigenvalue weighted by Crippen LogP contribution is 2.28. The zero-order chi connectivity index (χ0) is 11.5. The summed E-state index contributed by atoms with van der Waals surface area (Å²) in [5.74, 6) is 0.174. The van der Waals surface area contributed by atoms with Gasteiger partial charge in [-0.25, -0.2) is 4.39 Å². The number of hydrogen-bond donors (Lipinski definition) is 1. The van der Waals surface area contributed by atoms with Gasteiger partial charge in [0.05, 0.1) is 0 Å². The number of benzene rings is 1. The molecular formula is C13H19FN2. The molecule has 0 saturated carbocycles. The molecule has 1 N–H and O–H groups in total. The predicted octanol–water partition coefficient (Wildman–Crippen LogP) is 1.83.